The van der Waals surface area contributed by atoms with Crippen molar-refractivity contribution in [3.05, 3.63) is 0 Å². The van der Waals surface area contributed by atoms with Gasteiger partial charge in [0.25, 0.3) is 0 Å². The van der Waals surface area contributed by atoms with Crippen LogP contribution in [0, 0.1) is 5.92 Å². The predicted octanol–water partition coefficient (Wildman–Crippen LogP) is 0.213. The van der Waals surface area contributed by atoms with E-state index in [0.29, 0.717) is 12.3 Å². The molecule has 0 bridgehead atoms. The van der Waals surface area contributed by atoms with Gasteiger partial charge in [-0.2, -0.15) is 0 Å². The van der Waals surface area contributed by atoms with Gasteiger partial charge in [-0.3, -0.25) is 4.79 Å². The Morgan fingerprint density at radius 3 is 2.67 bits per heavy atom. The summed E-state index contributed by atoms with van der Waals surface area (Å²) < 4.78 is 5.15. The van der Waals surface area contributed by atoms with E-state index in [2.05, 4.69) is 0 Å². The van der Waals surface area contributed by atoms with Crippen molar-refractivity contribution >= 4 is 5.97 Å². The van der Waals surface area contributed by atoms with Crippen molar-refractivity contribution in [1.82, 2.24) is 0 Å². The van der Waals surface area contributed by atoms with Crippen molar-refractivity contribution < 1.29 is 14.6 Å². The van der Waals surface area contributed by atoms with E-state index in [9.17, 15) is 4.79 Å². The number of hydrogen-bond donors (Lipinski definition) is 2. The first-order valence-electron chi connectivity index (χ1n) is 4.16. The van der Waals surface area contributed by atoms with Gasteiger partial charge in [0.15, 0.2) is 0 Å². The van der Waals surface area contributed by atoms with Crippen LogP contribution in [-0.4, -0.2) is 30.3 Å². The number of aliphatic carboxylic acids is 1. The van der Waals surface area contributed by atoms with E-state index in [1.165, 1.54) is 0 Å². The number of carboxylic acid groups (broad SMARTS) is 1. The minimum absolute atomic E-state index is 0.0381. The second-order valence-electron chi connectivity index (χ2n) is 3.29. The lowest BCUT2D eigenvalue weighted by atomic mass is 10.1. The highest BCUT2D eigenvalue weighted by Crippen LogP contribution is 2.35. The molecule has 0 amide bonds. The van der Waals surface area contributed by atoms with Gasteiger partial charge in [-0.25, -0.2) is 0 Å². The molecular weight excluding hydrogens is 158 g/mol. The largest absolute Gasteiger partial charge is 0.480 e. The maximum Gasteiger partial charge on any atom is 0.320 e. The van der Waals surface area contributed by atoms with Crippen LogP contribution in [-0.2, 0) is 9.53 Å². The van der Waals surface area contributed by atoms with Crippen LogP contribution >= 0.6 is 0 Å². The molecule has 4 heteroatoms. The number of nitrogens with two attached hydrogens (primary N) is 1. The maximum atomic E-state index is 10.4. The fourth-order valence-corrected chi connectivity index (χ4v) is 1.30. The first kappa shape index (κ1) is 9.48. The van der Waals surface area contributed by atoms with E-state index < -0.39 is 12.0 Å². The van der Waals surface area contributed by atoms with E-state index in [0.717, 1.165) is 12.8 Å². The second-order valence-corrected chi connectivity index (χ2v) is 3.29. The summed E-state index contributed by atoms with van der Waals surface area (Å²) in [5.74, 6) is -0.405. The molecule has 2 atom stereocenters. The normalized spacial score (nSPS) is 21.8. The monoisotopic (exact) mass is 173 g/mol. The van der Waals surface area contributed by atoms with Crippen LogP contribution in [0.3, 0.4) is 0 Å². The van der Waals surface area contributed by atoms with E-state index in [-0.39, 0.29) is 6.10 Å². The molecule has 0 radical (unpaired) electrons. The number of carboxylic acids is 1. The molecule has 70 valence electrons. The molecule has 0 heterocycles. The smallest absolute Gasteiger partial charge is 0.320 e. The number of rotatable bonds is 5. The third-order valence-electron chi connectivity index (χ3n) is 2.25. The van der Waals surface area contributed by atoms with Crippen LogP contribution in [0.4, 0.5) is 0 Å². The van der Waals surface area contributed by atoms with Crippen molar-refractivity contribution in [2.75, 3.05) is 7.11 Å². The summed E-state index contributed by atoms with van der Waals surface area (Å²) in [5, 5.41) is 8.55. The van der Waals surface area contributed by atoms with E-state index in [1.54, 1.807) is 7.11 Å². The highest BCUT2D eigenvalue weighted by Gasteiger charge is 2.33. The van der Waals surface area contributed by atoms with Crippen LogP contribution in [0.2, 0.25) is 0 Å². The van der Waals surface area contributed by atoms with Gasteiger partial charge in [0.1, 0.15) is 6.04 Å². The van der Waals surface area contributed by atoms with Gasteiger partial charge in [0.05, 0.1) is 6.10 Å². The second kappa shape index (κ2) is 3.87. The molecule has 0 aromatic heterocycles. The standard InChI is InChI=1S/C8H15NO3/c1-12-7(5-2-3-5)4-6(9)8(10)11/h5-7H,2-4,9H2,1H3,(H,10,11)/t6-,7+/m1/s1. The first-order chi connectivity index (χ1) is 5.65. The van der Waals surface area contributed by atoms with E-state index >= 15 is 0 Å². The number of methoxy groups -OCH3 is 1. The van der Waals surface area contributed by atoms with Crippen molar-refractivity contribution in [2.45, 2.75) is 31.4 Å². The fraction of sp³-hybridized carbons (Fsp3) is 0.875. The zero-order valence-corrected chi connectivity index (χ0v) is 7.19. The molecule has 0 aromatic rings. The predicted molar refractivity (Wildman–Crippen MR) is 43.7 cm³/mol. The Morgan fingerprint density at radius 1 is 1.75 bits per heavy atom. The van der Waals surface area contributed by atoms with Gasteiger partial charge in [0, 0.05) is 7.11 Å². The molecule has 0 aliphatic heterocycles. The number of ether oxygens (including phenoxy) is 1. The van der Waals surface area contributed by atoms with Gasteiger partial charge in [-0.05, 0) is 25.2 Å². The van der Waals surface area contributed by atoms with Crippen molar-refractivity contribution in [2.24, 2.45) is 11.7 Å². The van der Waals surface area contributed by atoms with E-state index in [1.807, 2.05) is 0 Å². The van der Waals surface area contributed by atoms with Gasteiger partial charge < -0.3 is 15.6 Å². The molecule has 1 fully saturated rings. The number of hydrogen-bond acceptors (Lipinski definition) is 3. The molecule has 1 saturated carbocycles. The van der Waals surface area contributed by atoms with Crippen LogP contribution in [0.1, 0.15) is 19.3 Å². The zero-order chi connectivity index (χ0) is 9.14. The minimum Gasteiger partial charge on any atom is -0.480 e. The lowest BCUT2D eigenvalue weighted by molar-refractivity contribution is -0.139. The van der Waals surface area contributed by atoms with Crippen LogP contribution in [0.5, 0.6) is 0 Å². The molecular formula is C8H15NO3. The zero-order valence-electron chi connectivity index (χ0n) is 7.19. The molecule has 4 nitrogen and oxygen atoms in total. The van der Waals surface area contributed by atoms with Gasteiger partial charge in [-0.15, -0.1) is 0 Å². The van der Waals surface area contributed by atoms with Crippen LogP contribution < -0.4 is 5.73 Å². The summed E-state index contributed by atoms with van der Waals surface area (Å²) in [6.45, 7) is 0. The summed E-state index contributed by atoms with van der Waals surface area (Å²) in [4.78, 5) is 10.4. The summed E-state index contributed by atoms with van der Waals surface area (Å²) in [6, 6.07) is -0.782. The Bertz CT molecular complexity index is 168. The summed E-state index contributed by atoms with van der Waals surface area (Å²) >= 11 is 0. The average molecular weight is 173 g/mol. The quantitative estimate of drug-likeness (QED) is 0.623. The molecule has 3 N–H and O–H groups in total. The molecule has 0 unspecified atom stereocenters. The molecule has 12 heavy (non-hydrogen) atoms. The maximum absolute atomic E-state index is 10.4. The highest BCUT2D eigenvalue weighted by atomic mass is 16.5. The Labute approximate surface area is 71.7 Å². The molecule has 0 spiro atoms. The van der Waals surface area contributed by atoms with Crippen LogP contribution in [0.15, 0.2) is 0 Å². The summed E-state index contributed by atoms with van der Waals surface area (Å²) in [7, 11) is 1.61. The van der Waals surface area contributed by atoms with Crippen molar-refractivity contribution in [3.63, 3.8) is 0 Å². The Kier molecular flexibility index (Phi) is 3.05. The average Bonchev–Trinajstić information content (AvgIpc) is 2.82. The topological polar surface area (TPSA) is 72.5 Å². The Hall–Kier alpha value is -0.610. The van der Waals surface area contributed by atoms with Gasteiger partial charge in [0.2, 0.25) is 0 Å². The Balaban J connectivity index is 2.30. The van der Waals surface area contributed by atoms with Crippen molar-refractivity contribution in [3.8, 4) is 0 Å². The summed E-state index contributed by atoms with van der Waals surface area (Å²) in [6.07, 6.45) is 2.75. The fourth-order valence-electron chi connectivity index (χ4n) is 1.30. The highest BCUT2D eigenvalue weighted by molar-refractivity contribution is 5.73. The molecule has 1 rings (SSSR count). The molecule has 0 saturated heterocycles. The third-order valence-corrected chi connectivity index (χ3v) is 2.25. The third kappa shape index (κ3) is 2.46. The van der Waals surface area contributed by atoms with Gasteiger partial charge >= 0.3 is 5.97 Å². The Morgan fingerprint density at radius 2 is 2.33 bits per heavy atom. The first-order valence-corrected chi connectivity index (χ1v) is 4.16. The minimum atomic E-state index is -0.947. The van der Waals surface area contributed by atoms with Gasteiger partial charge in [-0.1, -0.05) is 0 Å². The lowest BCUT2D eigenvalue weighted by Gasteiger charge is -2.16. The van der Waals surface area contributed by atoms with Crippen LogP contribution in [0.25, 0.3) is 0 Å². The van der Waals surface area contributed by atoms with E-state index in [4.69, 9.17) is 15.6 Å². The molecule has 0 aromatic carbocycles. The summed E-state index contributed by atoms with van der Waals surface area (Å²) in [5.41, 5.74) is 5.38. The SMILES string of the molecule is CO[C@@H](C[C@@H](N)C(=O)O)C1CC1. The molecule has 1 aliphatic carbocycles. The van der Waals surface area contributed by atoms with Crippen molar-refractivity contribution in [1.29, 1.82) is 0 Å². The molecule has 1 aliphatic rings. The lowest BCUT2D eigenvalue weighted by Crippen LogP contribution is -2.35. The number of carbonyl (C=O) groups is 1.